The van der Waals surface area contributed by atoms with Gasteiger partial charge in [0.2, 0.25) is 15.9 Å². The molecule has 0 spiro atoms. The van der Waals surface area contributed by atoms with Crippen molar-refractivity contribution in [2.45, 2.75) is 4.90 Å². The van der Waals surface area contributed by atoms with Gasteiger partial charge in [-0.15, -0.1) is 0 Å². The predicted octanol–water partition coefficient (Wildman–Crippen LogP) is 0.139. The number of nitrogens with one attached hydrogen (secondary N) is 2. The summed E-state index contributed by atoms with van der Waals surface area (Å²) in [6, 6.07) is 5.17. The molecule has 0 aliphatic carbocycles. The third-order valence-corrected chi connectivity index (χ3v) is 4.09. The lowest BCUT2D eigenvalue weighted by atomic mass is 10.3. The van der Waals surface area contributed by atoms with Gasteiger partial charge in [0.05, 0.1) is 9.80 Å². The second-order valence-corrected chi connectivity index (χ2v) is 6.49. The molecular formula is C11H9N3O5S2. The summed E-state index contributed by atoms with van der Waals surface area (Å²) in [6.45, 7) is 0. The highest BCUT2D eigenvalue weighted by Crippen LogP contribution is 2.23. The molecule has 1 aliphatic rings. The van der Waals surface area contributed by atoms with E-state index in [1.54, 1.807) is 0 Å². The lowest BCUT2D eigenvalue weighted by Crippen LogP contribution is -2.18. The molecule has 21 heavy (non-hydrogen) atoms. The number of hydrogen-bond acceptors (Lipinski definition) is 6. The van der Waals surface area contributed by atoms with Crippen LogP contribution in [0.15, 0.2) is 40.1 Å². The second kappa shape index (κ2) is 5.68. The Morgan fingerprint density at radius 3 is 2.33 bits per heavy atom. The highest BCUT2D eigenvalue weighted by Gasteiger charge is 2.25. The molecule has 1 heterocycles. The van der Waals surface area contributed by atoms with Gasteiger partial charge in [0.1, 0.15) is 0 Å². The van der Waals surface area contributed by atoms with Gasteiger partial charge in [-0.25, -0.2) is 13.6 Å². The van der Waals surface area contributed by atoms with E-state index < -0.39 is 27.1 Å². The van der Waals surface area contributed by atoms with Crippen LogP contribution < -0.4 is 15.8 Å². The van der Waals surface area contributed by atoms with Gasteiger partial charge in [-0.05, 0) is 36.0 Å². The van der Waals surface area contributed by atoms with Crippen LogP contribution in [-0.4, -0.2) is 25.5 Å². The molecule has 0 unspecified atom stereocenters. The maximum atomic E-state index is 11.7. The number of primary sulfonamides is 1. The number of nitrogens with two attached hydrogens (primary N) is 1. The topological polar surface area (TPSA) is 135 Å². The minimum atomic E-state index is -3.80. The van der Waals surface area contributed by atoms with Crippen LogP contribution >= 0.6 is 11.8 Å². The summed E-state index contributed by atoms with van der Waals surface area (Å²) in [4.78, 5) is 33.7. The van der Waals surface area contributed by atoms with Gasteiger partial charge >= 0.3 is 0 Å². The molecule has 1 aromatic rings. The fourth-order valence-electron chi connectivity index (χ4n) is 1.45. The number of amides is 3. The largest absolute Gasteiger partial charge is 0.322 e. The predicted molar refractivity (Wildman–Crippen MR) is 75.7 cm³/mol. The number of carbonyl (C=O) groups excluding carboxylic acids is 3. The molecule has 1 aliphatic heterocycles. The Hall–Kier alpha value is -2.17. The van der Waals surface area contributed by atoms with Crippen LogP contribution in [0.2, 0.25) is 0 Å². The van der Waals surface area contributed by atoms with Gasteiger partial charge < -0.3 is 5.32 Å². The van der Waals surface area contributed by atoms with Gasteiger partial charge in [-0.3, -0.25) is 19.7 Å². The van der Waals surface area contributed by atoms with E-state index >= 15 is 0 Å². The van der Waals surface area contributed by atoms with E-state index in [1.165, 1.54) is 24.3 Å². The summed E-state index contributed by atoms with van der Waals surface area (Å²) < 4.78 is 22.1. The molecule has 2 rings (SSSR count). The molecule has 4 N–H and O–H groups in total. The Morgan fingerprint density at radius 1 is 1.24 bits per heavy atom. The van der Waals surface area contributed by atoms with Crippen molar-refractivity contribution in [3.63, 3.8) is 0 Å². The molecule has 0 saturated carbocycles. The first-order valence-electron chi connectivity index (χ1n) is 5.44. The third-order valence-electron chi connectivity index (χ3n) is 2.35. The Morgan fingerprint density at radius 2 is 1.86 bits per heavy atom. The fourth-order valence-corrected chi connectivity index (χ4v) is 2.61. The number of benzene rings is 1. The Balaban J connectivity index is 2.08. The van der Waals surface area contributed by atoms with Gasteiger partial charge in [0, 0.05) is 11.8 Å². The number of imide groups is 1. The lowest BCUT2D eigenvalue weighted by Gasteiger charge is -2.03. The zero-order valence-corrected chi connectivity index (χ0v) is 12.0. The average molecular weight is 327 g/mol. The first-order valence-corrected chi connectivity index (χ1v) is 7.81. The van der Waals surface area contributed by atoms with E-state index in [2.05, 4.69) is 5.32 Å². The monoisotopic (exact) mass is 327 g/mol. The summed E-state index contributed by atoms with van der Waals surface area (Å²) in [5, 5.41) is 8.84. The van der Waals surface area contributed by atoms with Crippen LogP contribution in [-0.2, 0) is 19.6 Å². The highest BCUT2D eigenvalue weighted by atomic mass is 32.2. The van der Waals surface area contributed by atoms with Crippen LogP contribution in [0.4, 0.5) is 10.5 Å². The van der Waals surface area contributed by atoms with E-state index in [0.717, 1.165) is 6.08 Å². The maximum Gasteiger partial charge on any atom is 0.290 e. The molecule has 3 amide bonds. The summed E-state index contributed by atoms with van der Waals surface area (Å²) in [7, 11) is -3.80. The second-order valence-electron chi connectivity index (χ2n) is 3.91. The smallest absolute Gasteiger partial charge is 0.290 e. The molecule has 0 atom stereocenters. The van der Waals surface area contributed by atoms with Crippen LogP contribution in [0.1, 0.15) is 0 Å². The molecule has 1 saturated heterocycles. The summed E-state index contributed by atoms with van der Waals surface area (Å²) in [5.74, 6) is -1.25. The first kappa shape index (κ1) is 15.2. The average Bonchev–Trinajstić information content (AvgIpc) is 2.67. The number of carbonyl (C=O) groups is 3. The van der Waals surface area contributed by atoms with Crippen molar-refractivity contribution in [2.24, 2.45) is 5.14 Å². The van der Waals surface area contributed by atoms with Crippen molar-refractivity contribution < 1.29 is 22.8 Å². The van der Waals surface area contributed by atoms with Gasteiger partial charge in [0.15, 0.2) is 0 Å². The standard InChI is InChI=1S/C11H9N3O5S2/c12-21(18,19)7-3-1-6(2-4-7)13-9(15)5-8-10(16)14-11(17)20-8/h1-5H,(H,13,15)(H2,12,18,19)(H,14,16,17)/b8-5+. The zero-order chi connectivity index (χ0) is 15.6. The SMILES string of the molecule is NS(=O)(=O)c1ccc(NC(=O)/C=C2/SC(=O)NC2=O)cc1. The van der Waals surface area contributed by atoms with Crippen molar-refractivity contribution in [1.29, 1.82) is 0 Å². The van der Waals surface area contributed by atoms with Crippen molar-refractivity contribution >= 4 is 44.5 Å². The summed E-state index contributed by atoms with van der Waals surface area (Å²) in [5.41, 5.74) is 0.319. The number of thioether (sulfide) groups is 1. The third kappa shape index (κ3) is 3.90. The Bertz CT molecular complexity index is 753. The number of sulfonamides is 1. The molecule has 0 aromatic heterocycles. The minimum Gasteiger partial charge on any atom is -0.322 e. The number of rotatable bonds is 3. The molecule has 0 radical (unpaired) electrons. The van der Waals surface area contributed by atoms with E-state index in [-0.39, 0.29) is 9.80 Å². The van der Waals surface area contributed by atoms with Crippen molar-refractivity contribution in [3.8, 4) is 0 Å². The highest BCUT2D eigenvalue weighted by molar-refractivity contribution is 8.18. The minimum absolute atomic E-state index is 0.0151. The lowest BCUT2D eigenvalue weighted by molar-refractivity contribution is -0.116. The van der Waals surface area contributed by atoms with E-state index in [4.69, 9.17) is 5.14 Å². The van der Waals surface area contributed by atoms with Crippen LogP contribution in [0.25, 0.3) is 0 Å². The van der Waals surface area contributed by atoms with E-state index in [1.807, 2.05) is 5.32 Å². The molecule has 0 bridgehead atoms. The van der Waals surface area contributed by atoms with E-state index in [0.29, 0.717) is 17.4 Å². The quantitative estimate of drug-likeness (QED) is 0.676. The molecule has 10 heteroatoms. The van der Waals surface area contributed by atoms with E-state index in [9.17, 15) is 22.8 Å². The molecule has 1 fully saturated rings. The molecule has 8 nitrogen and oxygen atoms in total. The van der Waals surface area contributed by atoms with Crippen molar-refractivity contribution in [3.05, 3.63) is 35.2 Å². The zero-order valence-electron chi connectivity index (χ0n) is 10.3. The number of anilines is 1. The first-order chi connectivity index (χ1) is 9.75. The molecule has 110 valence electrons. The molecule has 1 aromatic carbocycles. The van der Waals surface area contributed by atoms with Crippen LogP contribution in [0.5, 0.6) is 0 Å². The summed E-state index contributed by atoms with van der Waals surface area (Å²) in [6.07, 6.45) is 0.985. The van der Waals surface area contributed by atoms with Gasteiger partial charge in [0.25, 0.3) is 11.1 Å². The van der Waals surface area contributed by atoms with Crippen molar-refractivity contribution in [2.75, 3.05) is 5.32 Å². The Labute approximate surface area is 123 Å². The normalized spacial score (nSPS) is 16.9. The van der Waals surface area contributed by atoms with Crippen LogP contribution in [0, 0.1) is 0 Å². The van der Waals surface area contributed by atoms with Gasteiger partial charge in [-0.1, -0.05) is 0 Å². The summed E-state index contributed by atoms with van der Waals surface area (Å²) >= 11 is 0.623. The van der Waals surface area contributed by atoms with Crippen molar-refractivity contribution in [1.82, 2.24) is 5.32 Å². The Kier molecular flexibility index (Phi) is 4.11. The van der Waals surface area contributed by atoms with Gasteiger partial charge in [-0.2, -0.15) is 0 Å². The molecular weight excluding hydrogens is 318 g/mol. The maximum absolute atomic E-state index is 11.7. The van der Waals surface area contributed by atoms with Crippen LogP contribution in [0.3, 0.4) is 0 Å². The number of hydrogen-bond donors (Lipinski definition) is 3. The fraction of sp³-hybridized carbons (Fsp3) is 0.